The fraction of sp³-hybridized carbons (Fsp3) is 0.333. The molecular formula is C18H16F5N3O. The Balaban J connectivity index is 1.70. The molecule has 1 aromatic carbocycles. The second-order valence-corrected chi connectivity index (χ2v) is 6.16. The summed E-state index contributed by atoms with van der Waals surface area (Å²) < 4.78 is 65.0. The number of carbonyl (C=O) groups is 1. The molecule has 3 rings (SSSR count). The van der Waals surface area contributed by atoms with Crippen LogP contribution in [0.5, 0.6) is 0 Å². The molecule has 0 saturated carbocycles. The standard InChI is InChI=1S/C18H16F5N3O/c19-13-3-4-15(20)14(10-13)17(27)26-7-1-6-25(8-9-26)16-5-2-12(11-24-16)18(21,22)23/h2-5,10-11H,1,6-9H2. The lowest BCUT2D eigenvalue weighted by atomic mass is 10.1. The van der Waals surface area contributed by atoms with Crippen LogP contribution >= 0.6 is 0 Å². The average Bonchev–Trinajstić information content (AvgIpc) is 2.89. The largest absolute Gasteiger partial charge is 0.417 e. The van der Waals surface area contributed by atoms with E-state index in [1.165, 1.54) is 11.0 Å². The van der Waals surface area contributed by atoms with Gasteiger partial charge in [-0.1, -0.05) is 0 Å². The second kappa shape index (κ2) is 7.50. The molecule has 1 aliphatic heterocycles. The molecule has 9 heteroatoms. The molecule has 2 heterocycles. The molecule has 4 nitrogen and oxygen atoms in total. The van der Waals surface area contributed by atoms with Crippen molar-refractivity contribution < 1.29 is 26.7 Å². The number of hydrogen-bond donors (Lipinski definition) is 0. The van der Waals surface area contributed by atoms with Crippen LogP contribution in [0.3, 0.4) is 0 Å². The molecule has 0 radical (unpaired) electrons. The van der Waals surface area contributed by atoms with Crippen molar-refractivity contribution in [2.24, 2.45) is 0 Å². The smallest absolute Gasteiger partial charge is 0.355 e. The van der Waals surface area contributed by atoms with Crippen LogP contribution in [0, 0.1) is 11.6 Å². The first-order chi connectivity index (χ1) is 12.8. The minimum atomic E-state index is -4.46. The number of halogens is 5. The first kappa shape index (κ1) is 19.1. The highest BCUT2D eigenvalue weighted by atomic mass is 19.4. The van der Waals surface area contributed by atoms with Crippen molar-refractivity contribution in [3.05, 3.63) is 59.3 Å². The predicted molar refractivity (Wildman–Crippen MR) is 88.3 cm³/mol. The summed E-state index contributed by atoms with van der Waals surface area (Å²) in [5.74, 6) is -1.75. The van der Waals surface area contributed by atoms with Crippen LogP contribution in [-0.4, -0.2) is 42.0 Å². The minimum absolute atomic E-state index is 0.220. The maximum Gasteiger partial charge on any atom is 0.417 e. The van der Waals surface area contributed by atoms with Gasteiger partial charge >= 0.3 is 6.18 Å². The Morgan fingerprint density at radius 3 is 2.44 bits per heavy atom. The number of amides is 1. The molecule has 1 saturated heterocycles. The van der Waals surface area contributed by atoms with Crippen molar-refractivity contribution in [3.63, 3.8) is 0 Å². The van der Waals surface area contributed by atoms with E-state index in [9.17, 15) is 26.7 Å². The molecule has 1 aliphatic rings. The SMILES string of the molecule is O=C(c1cc(F)ccc1F)N1CCCN(c2ccc(C(F)(F)F)cn2)CC1. The molecule has 27 heavy (non-hydrogen) atoms. The Hall–Kier alpha value is -2.71. The third kappa shape index (κ3) is 4.35. The van der Waals surface area contributed by atoms with Crippen LogP contribution in [0.15, 0.2) is 36.5 Å². The Morgan fingerprint density at radius 1 is 1.00 bits per heavy atom. The number of carbonyl (C=O) groups excluding carboxylic acids is 1. The van der Waals surface area contributed by atoms with Gasteiger partial charge in [0, 0.05) is 32.4 Å². The summed E-state index contributed by atoms with van der Waals surface area (Å²) in [6, 6.07) is 4.94. The lowest BCUT2D eigenvalue weighted by molar-refractivity contribution is -0.137. The monoisotopic (exact) mass is 385 g/mol. The minimum Gasteiger partial charge on any atom is -0.355 e. The quantitative estimate of drug-likeness (QED) is 0.740. The fourth-order valence-electron chi connectivity index (χ4n) is 2.92. The van der Waals surface area contributed by atoms with Gasteiger partial charge in [0.05, 0.1) is 11.1 Å². The molecule has 0 bridgehead atoms. The van der Waals surface area contributed by atoms with E-state index in [2.05, 4.69) is 4.98 Å². The van der Waals surface area contributed by atoms with E-state index in [4.69, 9.17) is 0 Å². The first-order valence-electron chi connectivity index (χ1n) is 8.28. The molecule has 0 spiro atoms. The van der Waals surface area contributed by atoms with E-state index in [1.54, 1.807) is 4.90 Å². The Kier molecular flexibility index (Phi) is 5.29. The zero-order valence-electron chi connectivity index (χ0n) is 14.1. The van der Waals surface area contributed by atoms with Gasteiger partial charge in [-0.2, -0.15) is 13.2 Å². The van der Waals surface area contributed by atoms with Crippen molar-refractivity contribution in [2.75, 3.05) is 31.1 Å². The van der Waals surface area contributed by atoms with E-state index in [0.717, 1.165) is 30.5 Å². The lowest BCUT2D eigenvalue weighted by Gasteiger charge is -2.23. The number of aromatic nitrogens is 1. The van der Waals surface area contributed by atoms with Gasteiger partial charge < -0.3 is 9.80 Å². The van der Waals surface area contributed by atoms with Crippen LogP contribution in [0.4, 0.5) is 27.8 Å². The normalized spacial score (nSPS) is 15.6. The van der Waals surface area contributed by atoms with Gasteiger partial charge in [0.25, 0.3) is 5.91 Å². The summed E-state index contributed by atoms with van der Waals surface area (Å²) in [5.41, 5.74) is -1.17. The van der Waals surface area contributed by atoms with E-state index in [-0.39, 0.29) is 12.1 Å². The maximum absolute atomic E-state index is 13.8. The van der Waals surface area contributed by atoms with Gasteiger partial charge in [0.1, 0.15) is 17.5 Å². The fourth-order valence-corrected chi connectivity index (χ4v) is 2.92. The zero-order chi connectivity index (χ0) is 19.6. The number of alkyl halides is 3. The van der Waals surface area contributed by atoms with E-state index >= 15 is 0 Å². The van der Waals surface area contributed by atoms with E-state index < -0.39 is 29.3 Å². The van der Waals surface area contributed by atoms with E-state index in [1.807, 2.05) is 0 Å². The van der Waals surface area contributed by atoms with Gasteiger partial charge in [-0.3, -0.25) is 4.79 Å². The van der Waals surface area contributed by atoms with Crippen LogP contribution in [0.25, 0.3) is 0 Å². The summed E-state index contributed by atoms with van der Waals surface area (Å²) in [5, 5.41) is 0. The third-order valence-corrected chi connectivity index (χ3v) is 4.34. The molecule has 0 N–H and O–H groups in total. The highest BCUT2D eigenvalue weighted by Crippen LogP contribution is 2.29. The maximum atomic E-state index is 13.8. The molecule has 0 aliphatic carbocycles. The summed E-state index contributed by atoms with van der Waals surface area (Å²) in [7, 11) is 0. The Morgan fingerprint density at radius 2 is 1.78 bits per heavy atom. The number of nitrogens with zero attached hydrogens (tertiary/aromatic N) is 3. The summed E-state index contributed by atoms with van der Waals surface area (Å²) in [4.78, 5) is 19.5. The molecule has 144 valence electrons. The molecular weight excluding hydrogens is 369 g/mol. The zero-order valence-corrected chi connectivity index (χ0v) is 14.1. The number of rotatable bonds is 2. The van der Waals surface area contributed by atoms with Crippen LogP contribution in [-0.2, 0) is 6.18 Å². The molecule has 1 amide bonds. The van der Waals surface area contributed by atoms with Crippen molar-refractivity contribution in [1.82, 2.24) is 9.88 Å². The van der Waals surface area contributed by atoms with Crippen LogP contribution < -0.4 is 4.90 Å². The summed E-state index contributed by atoms with van der Waals surface area (Å²) >= 11 is 0. The van der Waals surface area contributed by atoms with Crippen molar-refractivity contribution >= 4 is 11.7 Å². The van der Waals surface area contributed by atoms with Crippen LogP contribution in [0.2, 0.25) is 0 Å². The van der Waals surface area contributed by atoms with Gasteiger partial charge in [-0.15, -0.1) is 0 Å². The van der Waals surface area contributed by atoms with Gasteiger partial charge in [-0.05, 0) is 36.8 Å². The van der Waals surface area contributed by atoms with Crippen molar-refractivity contribution in [3.8, 4) is 0 Å². The number of benzene rings is 1. The lowest BCUT2D eigenvalue weighted by Crippen LogP contribution is -2.35. The van der Waals surface area contributed by atoms with Crippen molar-refractivity contribution in [2.45, 2.75) is 12.6 Å². The topological polar surface area (TPSA) is 36.4 Å². The number of pyridine rings is 1. The summed E-state index contributed by atoms with van der Waals surface area (Å²) in [6.45, 7) is 1.35. The molecule has 0 atom stereocenters. The van der Waals surface area contributed by atoms with Gasteiger partial charge in [0.2, 0.25) is 0 Å². The molecule has 2 aromatic rings. The van der Waals surface area contributed by atoms with Crippen LogP contribution in [0.1, 0.15) is 22.3 Å². The predicted octanol–water partition coefficient (Wildman–Crippen LogP) is 3.73. The Labute approximate surface area is 152 Å². The van der Waals surface area contributed by atoms with Gasteiger partial charge in [0.15, 0.2) is 0 Å². The number of anilines is 1. The Bertz CT molecular complexity index is 823. The highest BCUT2D eigenvalue weighted by molar-refractivity contribution is 5.94. The molecule has 1 fully saturated rings. The molecule has 0 unspecified atom stereocenters. The number of hydrogen-bond acceptors (Lipinski definition) is 3. The van der Waals surface area contributed by atoms with E-state index in [0.29, 0.717) is 31.9 Å². The van der Waals surface area contributed by atoms with Crippen molar-refractivity contribution in [1.29, 1.82) is 0 Å². The van der Waals surface area contributed by atoms with Gasteiger partial charge in [-0.25, -0.2) is 13.8 Å². The average molecular weight is 385 g/mol. The highest BCUT2D eigenvalue weighted by Gasteiger charge is 2.31. The summed E-state index contributed by atoms with van der Waals surface area (Å²) in [6.07, 6.45) is -3.17. The second-order valence-electron chi connectivity index (χ2n) is 6.16. The third-order valence-electron chi connectivity index (χ3n) is 4.34. The first-order valence-corrected chi connectivity index (χ1v) is 8.28. The molecule has 1 aromatic heterocycles.